The summed E-state index contributed by atoms with van der Waals surface area (Å²) in [6.07, 6.45) is -0.186. The number of halogens is 3. The Labute approximate surface area is 124 Å². The highest BCUT2D eigenvalue weighted by atomic mass is 19.3. The molecule has 9 heteroatoms. The van der Waals surface area contributed by atoms with Crippen molar-refractivity contribution in [2.75, 3.05) is 5.32 Å². The van der Waals surface area contributed by atoms with Crippen molar-refractivity contribution in [1.82, 2.24) is 20.1 Å². The predicted octanol–water partition coefficient (Wildman–Crippen LogP) is 2.52. The van der Waals surface area contributed by atoms with Gasteiger partial charge in [0.05, 0.1) is 5.69 Å². The number of nitrogens with zero attached hydrogens (tertiary/aromatic N) is 3. The van der Waals surface area contributed by atoms with Gasteiger partial charge in [-0.3, -0.25) is 4.68 Å². The molecule has 6 nitrogen and oxygen atoms in total. The summed E-state index contributed by atoms with van der Waals surface area (Å²) < 4.78 is 40.1. The topological polar surface area (TPSA) is 71.8 Å². The van der Waals surface area contributed by atoms with E-state index in [0.29, 0.717) is 0 Å². The fraction of sp³-hybridized carbons (Fsp3) is 0.308. The number of urea groups is 1. The smallest absolute Gasteiger partial charge is 0.319 e. The van der Waals surface area contributed by atoms with Crippen molar-refractivity contribution in [2.24, 2.45) is 7.05 Å². The molecule has 0 aromatic carbocycles. The zero-order valence-electron chi connectivity index (χ0n) is 11.9. The molecule has 0 spiro atoms. The van der Waals surface area contributed by atoms with Gasteiger partial charge in [-0.2, -0.15) is 9.49 Å². The second kappa shape index (κ2) is 6.46. The maximum atomic E-state index is 13.4. The third-order valence-corrected chi connectivity index (χ3v) is 2.80. The predicted molar refractivity (Wildman–Crippen MR) is 73.0 cm³/mol. The van der Waals surface area contributed by atoms with Gasteiger partial charge >= 0.3 is 6.03 Å². The van der Waals surface area contributed by atoms with Crippen LogP contribution in [0.3, 0.4) is 0 Å². The van der Waals surface area contributed by atoms with Crippen molar-refractivity contribution in [2.45, 2.75) is 19.9 Å². The lowest BCUT2D eigenvalue weighted by molar-refractivity contribution is 0.146. The van der Waals surface area contributed by atoms with Gasteiger partial charge < -0.3 is 10.6 Å². The minimum atomic E-state index is -2.81. The summed E-state index contributed by atoms with van der Waals surface area (Å²) in [5.41, 5.74) is 0.320. The zero-order valence-corrected chi connectivity index (χ0v) is 11.9. The third kappa shape index (κ3) is 3.74. The quantitative estimate of drug-likeness (QED) is 0.852. The van der Waals surface area contributed by atoms with Crippen LogP contribution in [0.2, 0.25) is 0 Å². The summed E-state index contributed by atoms with van der Waals surface area (Å²) in [5.74, 6) is -0.694. The van der Waals surface area contributed by atoms with Gasteiger partial charge in [-0.05, 0) is 18.6 Å². The Morgan fingerprint density at radius 3 is 2.86 bits per heavy atom. The van der Waals surface area contributed by atoms with Gasteiger partial charge in [0.15, 0.2) is 5.69 Å². The Morgan fingerprint density at radius 2 is 2.18 bits per heavy atom. The van der Waals surface area contributed by atoms with E-state index in [2.05, 4.69) is 20.7 Å². The second-order valence-corrected chi connectivity index (χ2v) is 4.67. The first-order valence-corrected chi connectivity index (χ1v) is 6.34. The lowest BCUT2D eigenvalue weighted by Crippen LogP contribution is -2.29. The number of carbonyl (C=O) groups excluding carboxylic acids is 1. The number of hydrogen-bond donors (Lipinski definition) is 2. The van der Waals surface area contributed by atoms with Gasteiger partial charge in [0, 0.05) is 31.5 Å². The summed E-state index contributed by atoms with van der Waals surface area (Å²) in [5, 5.41) is 8.20. The molecule has 2 rings (SSSR count). The minimum absolute atomic E-state index is 0.0992. The molecule has 2 N–H and O–H groups in total. The van der Waals surface area contributed by atoms with Crippen molar-refractivity contribution in [3.05, 3.63) is 41.2 Å². The average molecular weight is 313 g/mol. The van der Waals surface area contributed by atoms with E-state index in [0.717, 1.165) is 5.56 Å². The van der Waals surface area contributed by atoms with Crippen molar-refractivity contribution in [3.63, 3.8) is 0 Å². The largest absolute Gasteiger partial charge is 0.334 e. The molecule has 0 aliphatic rings. The zero-order chi connectivity index (χ0) is 16.3. The van der Waals surface area contributed by atoms with E-state index in [1.54, 1.807) is 6.92 Å². The number of nitrogens with one attached hydrogen (secondary N) is 2. The highest BCUT2D eigenvalue weighted by molar-refractivity contribution is 5.89. The van der Waals surface area contributed by atoms with Gasteiger partial charge in [-0.25, -0.2) is 18.6 Å². The van der Waals surface area contributed by atoms with Crippen molar-refractivity contribution in [3.8, 4) is 0 Å². The molecule has 118 valence electrons. The molecule has 0 unspecified atom stereocenters. The Kier molecular flexibility index (Phi) is 4.64. The fourth-order valence-electron chi connectivity index (χ4n) is 1.84. The molecular weight excluding hydrogens is 299 g/mol. The number of alkyl halides is 2. The summed E-state index contributed by atoms with van der Waals surface area (Å²) in [6, 6.07) is 0.799. The number of pyridine rings is 1. The normalized spacial score (nSPS) is 10.8. The van der Waals surface area contributed by atoms with Gasteiger partial charge in [-0.1, -0.05) is 0 Å². The van der Waals surface area contributed by atoms with Crippen molar-refractivity contribution in [1.29, 1.82) is 0 Å². The van der Waals surface area contributed by atoms with E-state index in [1.165, 1.54) is 30.2 Å². The summed E-state index contributed by atoms with van der Waals surface area (Å²) in [6.45, 7) is 1.62. The number of hydrogen-bond acceptors (Lipinski definition) is 3. The van der Waals surface area contributed by atoms with Gasteiger partial charge in [0.1, 0.15) is 0 Å². The molecule has 0 aliphatic carbocycles. The Balaban J connectivity index is 2.00. The SMILES string of the molecule is Cc1cnc(F)c(CNC(=O)Nc2cn(C)nc2C(F)F)c1. The van der Waals surface area contributed by atoms with Crippen LogP contribution >= 0.6 is 0 Å². The molecule has 0 saturated carbocycles. The first kappa shape index (κ1) is 15.8. The van der Waals surface area contributed by atoms with Gasteiger partial charge in [-0.15, -0.1) is 0 Å². The number of amides is 2. The highest BCUT2D eigenvalue weighted by Gasteiger charge is 2.19. The first-order chi connectivity index (χ1) is 10.4. The second-order valence-electron chi connectivity index (χ2n) is 4.67. The molecule has 0 bridgehead atoms. The Morgan fingerprint density at radius 1 is 1.45 bits per heavy atom. The number of carbonyl (C=O) groups is 1. The molecule has 2 aromatic rings. The monoisotopic (exact) mass is 313 g/mol. The van der Waals surface area contributed by atoms with E-state index in [-0.39, 0.29) is 17.8 Å². The molecule has 22 heavy (non-hydrogen) atoms. The van der Waals surface area contributed by atoms with E-state index in [4.69, 9.17) is 0 Å². The fourth-order valence-corrected chi connectivity index (χ4v) is 1.84. The van der Waals surface area contributed by atoms with Crippen molar-refractivity contribution >= 4 is 11.7 Å². The van der Waals surface area contributed by atoms with Crippen LogP contribution in [-0.4, -0.2) is 20.8 Å². The molecule has 2 aromatic heterocycles. The van der Waals surface area contributed by atoms with Crippen molar-refractivity contribution < 1.29 is 18.0 Å². The third-order valence-electron chi connectivity index (χ3n) is 2.80. The first-order valence-electron chi connectivity index (χ1n) is 6.34. The molecule has 2 heterocycles. The van der Waals surface area contributed by atoms with Crippen LogP contribution < -0.4 is 10.6 Å². The molecule has 2 amide bonds. The Hall–Kier alpha value is -2.58. The highest BCUT2D eigenvalue weighted by Crippen LogP contribution is 2.24. The number of rotatable bonds is 4. The summed E-state index contributed by atoms with van der Waals surface area (Å²) >= 11 is 0. The van der Waals surface area contributed by atoms with Gasteiger partial charge in [0.2, 0.25) is 5.95 Å². The van der Waals surface area contributed by atoms with Crippen LogP contribution in [0.5, 0.6) is 0 Å². The van der Waals surface area contributed by atoms with Crippen LogP contribution in [0.1, 0.15) is 23.2 Å². The van der Waals surface area contributed by atoms with E-state index >= 15 is 0 Å². The molecule has 0 radical (unpaired) electrons. The van der Waals surface area contributed by atoms with Crippen LogP contribution in [0, 0.1) is 12.9 Å². The molecule has 0 fully saturated rings. The average Bonchev–Trinajstić information content (AvgIpc) is 2.81. The standard InChI is InChI=1S/C13H14F3N5O/c1-7-3-8(12(16)17-4-7)5-18-13(22)19-9-6-21(2)20-10(9)11(14)15/h3-4,6,11H,5H2,1-2H3,(H2,18,19,22). The summed E-state index contributed by atoms with van der Waals surface area (Å²) in [4.78, 5) is 15.2. The maximum Gasteiger partial charge on any atom is 0.319 e. The van der Waals surface area contributed by atoms with Crippen LogP contribution in [0.25, 0.3) is 0 Å². The minimum Gasteiger partial charge on any atom is -0.334 e. The van der Waals surface area contributed by atoms with Gasteiger partial charge in [0.25, 0.3) is 6.43 Å². The molecular formula is C13H14F3N5O. The number of aryl methyl sites for hydroxylation is 2. The molecule has 0 atom stereocenters. The van der Waals surface area contributed by atoms with E-state index in [1.807, 2.05) is 0 Å². The lowest BCUT2D eigenvalue weighted by atomic mass is 10.2. The molecule has 0 aliphatic heterocycles. The van der Waals surface area contributed by atoms with Crippen LogP contribution in [-0.2, 0) is 13.6 Å². The van der Waals surface area contributed by atoms with E-state index in [9.17, 15) is 18.0 Å². The number of anilines is 1. The summed E-state index contributed by atoms with van der Waals surface area (Å²) in [7, 11) is 1.46. The van der Waals surface area contributed by atoms with E-state index < -0.39 is 24.1 Å². The van der Waals surface area contributed by atoms with Crippen LogP contribution in [0.15, 0.2) is 18.5 Å². The maximum absolute atomic E-state index is 13.4. The molecule has 0 saturated heterocycles. The number of aromatic nitrogens is 3. The lowest BCUT2D eigenvalue weighted by Gasteiger charge is -2.08. The van der Waals surface area contributed by atoms with Crippen LogP contribution in [0.4, 0.5) is 23.7 Å². The Bertz CT molecular complexity index is 686.